The normalized spacial score (nSPS) is 20.3. The molecule has 1 fully saturated rings. The van der Waals surface area contributed by atoms with Crippen molar-refractivity contribution in [1.29, 1.82) is 5.26 Å². The first kappa shape index (κ1) is 15.1. The lowest BCUT2D eigenvalue weighted by Crippen LogP contribution is -2.38. The van der Waals surface area contributed by atoms with Gasteiger partial charge in [-0.15, -0.1) is 0 Å². The van der Waals surface area contributed by atoms with Gasteiger partial charge in [-0.25, -0.2) is 4.98 Å². The second-order valence-electron chi connectivity index (χ2n) is 5.76. The number of pyridine rings is 1. The summed E-state index contributed by atoms with van der Waals surface area (Å²) in [6.45, 7) is 4.73. The second kappa shape index (κ2) is 6.13. The molecule has 0 spiro atoms. The molecular weight excluding hydrogens is 292 g/mol. The van der Waals surface area contributed by atoms with Crippen LogP contribution in [0.4, 0.5) is 5.82 Å². The summed E-state index contributed by atoms with van der Waals surface area (Å²) in [6, 6.07) is 11.3. The van der Waals surface area contributed by atoms with E-state index in [1.807, 2.05) is 31.2 Å². The van der Waals surface area contributed by atoms with E-state index in [0.717, 1.165) is 17.3 Å². The first-order valence-electron chi connectivity index (χ1n) is 7.52. The van der Waals surface area contributed by atoms with Gasteiger partial charge in [0.25, 0.3) is 0 Å². The number of amides is 1. The molecule has 1 amide bonds. The van der Waals surface area contributed by atoms with Gasteiger partial charge >= 0.3 is 0 Å². The summed E-state index contributed by atoms with van der Waals surface area (Å²) in [5.41, 5.74) is 0.385. The summed E-state index contributed by atoms with van der Waals surface area (Å²) in [6.07, 6.45) is 0. The van der Waals surface area contributed by atoms with E-state index in [4.69, 9.17) is 9.68 Å². The van der Waals surface area contributed by atoms with Crippen LogP contribution < -0.4 is 10.2 Å². The van der Waals surface area contributed by atoms with Gasteiger partial charge in [0.15, 0.2) is 0 Å². The van der Waals surface area contributed by atoms with Crippen molar-refractivity contribution in [3.63, 3.8) is 0 Å². The number of anilines is 1. The summed E-state index contributed by atoms with van der Waals surface area (Å²) >= 11 is 0. The van der Waals surface area contributed by atoms with E-state index in [1.54, 1.807) is 6.07 Å². The van der Waals surface area contributed by atoms with E-state index >= 15 is 0 Å². The van der Waals surface area contributed by atoms with Crippen LogP contribution in [0.5, 0.6) is 0 Å². The highest BCUT2D eigenvalue weighted by molar-refractivity contribution is 5.73. The molecule has 0 saturated carbocycles. The zero-order valence-electron chi connectivity index (χ0n) is 13.1. The number of carbonyl (C=O) groups excluding carboxylic acids is 1. The zero-order chi connectivity index (χ0) is 16.4. The molecule has 1 N–H and O–H groups in total. The van der Waals surface area contributed by atoms with Gasteiger partial charge in [0.05, 0.1) is 12.0 Å². The molecule has 6 heteroatoms. The Labute approximate surface area is 134 Å². The second-order valence-corrected chi connectivity index (χ2v) is 5.76. The van der Waals surface area contributed by atoms with Crippen LogP contribution in [0.15, 0.2) is 34.7 Å². The molecule has 2 aromatic heterocycles. The average Bonchev–Trinajstić information content (AvgIpc) is 3.13. The first-order valence-corrected chi connectivity index (χ1v) is 7.52. The third-order valence-corrected chi connectivity index (χ3v) is 4.01. The van der Waals surface area contributed by atoms with Gasteiger partial charge in [0.2, 0.25) is 5.91 Å². The van der Waals surface area contributed by atoms with E-state index in [9.17, 15) is 4.79 Å². The predicted octanol–water partition coefficient (Wildman–Crippen LogP) is 1.96. The molecule has 3 rings (SSSR count). The predicted molar refractivity (Wildman–Crippen MR) is 85.0 cm³/mol. The van der Waals surface area contributed by atoms with Crippen LogP contribution in [0.1, 0.15) is 30.1 Å². The lowest BCUT2D eigenvalue weighted by Gasteiger charge is -2.17. The number of hydrogen-bond donors (Lipinski definition) is 1. The molecule has 0 radical (unpaired) electrons. The van der Waals surface area contributed by atoms with Crippen molar-refractivity contribution < 1.29 is 9.21 Å². The number of aryl methyl sites for hydroxylation is 1. The average molecular weight is 310 g/mol. The Morgan fingerprint density at radius 2 is 2.22 bits per heavy atom. The van der Waals surface area contributed by atoms with Crippen molar-refractivity contribution in [3.8, 4) is 6.07 Å². The van der Waals surface area contributed by atoms with Crippen molar-refractivity contribution in [3.05, 3.63) is 47.5 Å². The van der Waals surface area contributed by atoms with Crippen molar-refractivity contribution in [2.24, 2.45) is 0 Å². The van der Waals surface area contributed by atoms with Crippen molar-refractivity contribution in [1.82, 2.24) is 10.3 Å². The Morgan fingerprint density at radius 1 is 1.39 bits per heavy atom. The van der Waals surface area contributed by atoms with E-state index in [-0.39, 0.29) is 17.9 Å². The third-order valence-electron chi connectivity index (χ3n) is 4.01. The fourth-order valence-electron chi connectivity index (χ4n) is 3.00. The Bertz CT molecular complexity index is 762. The Kier molecular flexibility index (Phi) is 4.02. The topological polar surface area (TPSA) is 82.2 Å². The van der Waals surface area contributed by atoms with E-state index in [2.05, 4.69) is 21.3 Å². The van der Waals surface area contributed by atoms with Gasteiger partial charge in [-0.05, 0) is 31.2 Å². The number of rotatable bonds is 3. The number of furan rings is 1. The Hall–Kier alpha value is -2.81. The van der Waals surface area contributed by atoms with Crippen LogP contribution in [-0.4, -0.2) is 30.0 Å². The van der Waals surface area contributed by atoms with Crippen LogP contribution in [-0.2, 0) is 4.79 Å². The zero-order valence-corrected chi connectivity index (χ0v) is 13.1. The van der Waals surface area contributed by atoms with Crippen LogP contribution in [0, 0.1) is 18.3 Å². The molecular formula is C17H18N4O2. The van der Waals surface area contributed by atoms with E-state index < -0.39 is 0 Å². The molecule has 2 aromatic rings. The molecule has 118 valence electrons. The number of carbonyl (C=O) groups is 1. The summed E-state index contributed by atoms with van der Waals surface area (Å²) < 4.78 is 5.76. The molecule has 1 aliphatic rings. The van der Waals surface area contributed by atoms with Gasteiger partial charge in [0.1, 0.15) is 29.1 Å². The minimum absolute atomic E-state index is 0.0504. The van der Waals surface area contributed by atoms with Gasteiger partial charge in [-0.1, -0.05) is 6.07 Å². The molecule has 23 heavy (non-hydrogen) atoms. The van der Waals surface area contributed by atoms with Crippen molar-refractivity contribution >= 4 is 11.7 Å². The van der Waals surface area contributed by atoms with Gasteiger partial charge < -0.3 is 14.6 Å². The molecule has 0 aromatic carbocycles. The summed E-state index contributed by atoms with van der Waals surface area (Å²) in [5, 5.41) is 12.0. The van der Waals surface area contributed by atoms with Crippen LogP contribution >= 0.6 is 0 Å². The molecule has 1 saturated heterocycles. The fourth-order valence-corrected chi connectivity index (χ4v) is 3.00. The monoisotopic (exact) mass is 310 g/mol. The van der Waals surface area contributed by atoms with Crippen LogP contribution in [0.3, 0.4) is 0 Å². The minimum atomic E-state index is -0.0659. The highest BCUT2D eigenvalue weighted by atomic mass is 16.3. The highest BCUT2D eigenvalue weighted by Gasteiger charge is 2.37. The third kappa shape index (κ3) is 3.19. The van der Waals surface area contributed by atoms with E-state index in [1.165, 1.54) is 6.92 Å². The molecule has 1 aliphatic heterocycles. The molecule has 2 atom stereocenters. The first-order chi connectivity index (χ1) is 11.1. The fraction of sp³-hybridized carbons (Fsp3) is 0.353. The maximum Gasteiger partial charge on any atom is 0.217 e. The Morgan fingerprint density at radius 3 is 2.87 bits per heavy atom. The number of nitrogens with zero attached hydrogens (tertiary/aromatic N) is 3. The maximum atomic E-state index is 11.5. The number of nitriles is 1. The molecule has 6 nitrogen and oxygen atoms in total. The summed E-state index contributed by atoms with van der Waals surface area (Å²) in [4.78, 5) is 17.9. The number of nitrogens with one attached hydrogen (secondary N) is 1. The quantitative estimate of drug-likeness (QED) is 0.937. The largest absolute Gasteiger partial charge is 0.466 e. The van der Waals surface area contributed by atoms with Crippen LogP contribution in [0.25, 0.3) is 0 Å². The van der Waals surface area contributed by atoms with Gasteiger partial charge in [0, 0.05) is 20.0 Å². The SMILES string of the molecule is CC(=O)NC1CN(c2cccc(C#N)n2)CC1c1ccc(C)o1. The summed E-state index contributed by atoms with van der Waals surface area (Å²) in [5.74, 6) is 2.44. The lowest BCUT2D eigenvalue weighted by molar-refractivity contribution is -0.119. The molecule has 2 unspecified atom stereocenters. The van der Waals surface area contributed by atoms with Crippen molar-refractivity contribution in [2.45, 2.75) is 25.8 Å². The lowest BCUT2D eigenvalue weighted by atomic mass is 10.0. The molecule has 0 bridgehead atoms. The standard InChI is InChI=1S/C17H18N4O2/c1-11-6-7-16(23-11)14-9-21(10-15(14)19-12(2)22)17-5-3-4-13(8-18)20-17/h3-7,14-15H,9-10H2,1-2H3,(H,19,22). The molecule has 0 aliphatic carbocycles. The minimum Gasteiger partial charge on any atom is -0.466 e. The van der Waals surface area contributed by atoms with Crippen molar-refractivity contribution in [2.75, 3.05) is 18.0 Å². The van der Waals surface area contributed by atoms with Crippen LogP contribution in [0.2, 0.25) is 0 Å². The van der Waals surface area contributed by atoms with E-state index in [0.29, 0.717) is 18.8 Å². The highest BCUT2D eigenvalue weighted by Crippen LogP contribution is 2.31. The maximum absolute atomic E-state index is 11.5. The number of hydrogen-bond acceptors (Lipinski definition) is 5. The Balaban J connectivity index is 1.87. The number of aromatic nitrogens is 1. The summed E-state index contributed by atoms with van der Waals surface area (Å²) in [7, 11) is 0. The van der Waals surface area contributed by atoms with Gasteiger partial charge in [-0.2, -0.15) is 5.26 Å². The van der Waals surface area contributed by atoms with Gasteiger partial charge in [-0.3, -0.25) is 4.79 Å². The smallest absolute Gasteiger partial charge is 0.217 e. The molecule has 3 heterocycles.